The molecule has 0 aliphatic rings. The first-order valence-corrected chi connectivity index (χ1v) is 4.58. The molecular weight excluding hydrogens is 211 g/mol. The monoisotopic (exact) mass is 220 g/mol. The Balaban J connectivity index is 2.41. The fourth-order valence-electron chi connectivity index (χ4n) is 1.20. The van der Waals surface area contributed by atoms with Crippen molar-refractivity contribution in [3.8, 4) is 17.1 Å². The first kappa shape index (κ1) is 10.4. The van der Waals surface area contributed by atoms with Crippen LogP contribution in [0, 0.1) is 12.7 Å². The van der Waals surface area contributed by atoms with E-state index in [1.54, 1.807) is 13.0 Å². The smallest absolute Gasteiger partial charge is 0.203 e. The Labute approximate surface area is 91.3 Å². The van der Waals surface area contributed by atoms with Crippen molar-refractivity contribution in [2.75, 3.05) is 7.11 Å². The molecule has 1 aromatic heterocycles. The highest BCUT2D eigenvalue weighted by Crippen LogP contribution is 2.22. The van der Waals surface area contributed by atoms with Crippen LogP contribution >= 0.6 is 0 Å². The molecule has 0 bridgehead atoms. The number of halogens is 1. The Bertz CT molecular complexity index is 501. The summed E-state index contributed by atoms with van der Waals surface area (Å²) in [6.07, 6.45) is 0. The van der Waals surface area contributed by atoms with E-state index >= 15 is 0 Å². The van der Waals surface area contributed by atoms with Crippen molar-refractivity contribution >= 4 is 0 Å². The zero-order valence-electron chi connectivity index (χ0n) is 8.81. The van der Waals surface area contributed by atoms with Crippen LogP contribution in [0.15, 0.2) is 18.2 Å². The van der Waals surface area contributed by atoms with Gasteiger partial charge in [-0.25, -0.2) is 4.39 Å². The van der Waals surface area contributed by atoms with E-state index in [4.69, 9.17) is 4.74 Å². The first-order valence-electron chi connectivity index (χ1n) is 4.58. The molecule has 0 fully saturated rings. The average molecular weight is 220 g/mol. The normalized spacial score (nSPS) is 10.2. The third-order valence-corrected chi connectivity index (χ3v) is 1.99. The lowest BCUT2D eigenvalue weighted by Crippen LogP contribution is -1.99. The molecule has 0 atom stereocenters. The molecule has 2 rings (SSSR count). The number of aromatic nitrogens is 4. The number of hydrogen-bond donors (Lipinski definition) is 0. The van der Waals surface area contributed by atoms with Gasteiger partial charge < -0.3 is 4.74 Å². The summed E-state index contributed by atoms with van der Waals surface area (Å²) in [5.41, 5.74) is 0.512. The quantitative estimate of drug-likeness (QED) is 0.765. The SMILES string of the molecule is COc1ccc(-c2nnc(C)nn2)cc1F. The summed E-state index contributed by atoms with van der Waals surface area (Å²) < 4.78 is 18.2. The van der Waals surface area contributed by atoms with Crippen LogP contribution < -0.4 is 4.74 Å². The lowest BCUT2D eigenvalue weighted by molar-refractivity contribution is 0.386. The maximum absolute atomic E-state index is 13.4. The van der Waals surface area contributed by atoms with E-state index in [-0.39, 0.29) is 11.6 Å². The molecule has 0 N–H and O–H groups in total. The van der Waals surface area contributed by atoms with Gasteiger partial charge in [-0.1, -0.05) is 0 Å². The van der Waals surface area contributed by atoms with Gasteiger partial charge in [-0.05, 0) is 25.1 Å². The number of methoxy groups -OCH3 is 1. The number of aryl methyl sites for hydroxylation is 1. The Morgan fingerprint density at radius 1 is 1.12 bits per heavy atom. The molecular formula is C10H9FN4O. The molecule has 0 unspecified atom stereocenters. The summed E-state index contributed by atoms with van der Waals surface area (Å²) in [6, 6.07) is 4.44. The van der Waals surface area contributed by atoms with Crippen LogP contribution in [0.1, 0.15) is 5.82 Å². The average Bonchev–Trinajstić information content (AvgIpc) is 2.30. The maximum Gasteiger partial charge on any atom is 0.203 e. The molecule has 1 heterocycles. The van der Waals surface area contributed by atoms with Crippen LogP contribution in [-0.4, -0.2) is 27.5 Å². The second kappa shape index (κ2) is 4.18. The van der Waals surface area contributed by atoms with Gasteiger partial charge in [-0.3, -0.25) is 0 Å². The van der Waals surface area contributed by atoms with Gasteiger partial charge in [0.05, 0.1) is 7.11 Å². The molecule has 82 valence electrons. The van der Waals surface area contributed by atoms with Gasteiger partial charge in [-0.15, -0.1) is 20.4 Å². The second-order valence-corrected chi connectivity index (χ2v) is 3.12. The van der Waals surface area contributed by atoms with Gasteiger partial charge in [0.15, 0.2) is 17.4 Å². The van der Waals surface area contributed by atoms with Gasteiger partial charge in [0.2, 0.25) is 5.82 Å². The Kier molecular flexibility index (Phi) is 2.72. The van der Waals surface area contributed by atoms with Crippen molar-refractivity contribution < 1.29 is 9.13 Å². The first-order chi connectivity index (χ1) is 7.70. The van der Waals surface area contributed by atoms with E-state index in [2.05, 4.69) is 20.4 Å². The van der Waals surface area contributed by atoms with E-state index in [1.807, 2.05) is 0 Å². The van der Waals surface area contributed by atoms with E-state index in [0.29, 0.717) is 11.4 Å². The van der Waals surface area contributed by atoms with Gasteiger partial charge in [-0.2, -0.15) is 0 Å². The van der Waals surface area contributed by atoms with Crippen molar-refractivity contribution in [1.82, 2.24) is 20.4 Å². The lowest BCUT2D eigenvalue weighted by Gasteiger charge is -2.03. The minimum absolute atomic E-state index is 0.178. The van der Waals surface area contributed by atoms with E-state index in [9.17, 15) is 4.39 Å². The Morgan fingerprint density at radius 2 is 1.81 bits per heavy atom. The molecule has 1 aromatic carbocycles. The highest BCUT2D eigenvalue weighted by molar-refractivity contribution is 5.55. The predicted octanol–water partition coefficient (Wildman–Crippen LogP) is 1.39. The topological polar surface area (TPSA) is 60.8 Å². The highest BCUT2D eigenvalue weighted by Gasteiger charge is 2.07. The van der Waals surface area contributed by atoms with Crippen LogP contribution in [0.3, 0.4) is 0 Å². The third-order valence-electron chi connectivity index (χ3n) is 1.99. The molecule has 0 saturated heterocycles. The standard InChI is InChI=1S/C10H9FN4O/c1-6-12-14-10(15-13-6)7-3-4-9(16-2)8(11)5-7/h3-5H,1-2H3. The number of rotatable bonds is 2. The van der Waals surface area contributed by atoms with Gasteiger partial charge >= 0.3 is 0 Å². The summed E-state index contributed by atoms with van der Waals surface area (Å²) in [5, 5.41) is 15.1. The number of benzene rings is 1. The van der Waals surface area contributed by atoms with Crippen LogP contribution in [0.4, 0.5) is 4.39 Å². The van der Waals surface area contributed by atoms with Crippen molar-refractivity contribution in [2.45, 2.75) is 6.92 Å². The molecule has 0 radical (unpaired) electrons. The van der Waals surface area contributed by atoms with Crippen molar-refractivity contribution in [1.29, 1.82) is 0 Å². The van der Waals surface area contributed by atoms with Crippen LogP contribution in [0.2, 0.25) is 0 Å². The lowest BCUT2D eigenvalue weighted by atomic mass is 10.2. The van der Waals surface area contributed by atoms with Crippen LogP contribution in [-0.2, 0) is 0 Å². The van der Waals surface area contributed by atoms with Gasteiger partial charge in [0, 0.05) is 5.56 Å². The van der Waals surface area contributed by atoms with E-state index in [0.717, 1.165) is 0 Å². The summed E-state index contributed by atoms with van der Waals surface area (Å²) in [5.74, 6) is 0.464. The van der Waals surface area contributed by atoms with E-state index in [1.165, 1.54) is 19.2 Å². The zero-order valence-corrected chi connectivity index (χ0v) is 8.81. The molecule has 16 heavy (non-hydrogen) atoms. The molecule has 0 aliphatic heterocycles. The van der Waals surface area contributed by atoms with Crippen molar-refractivity contribution in [2.24, 2.45) is 0 Å². The van der Waals surface area contributed by atoms with E-state index < -0.39 is 5.82 Å². The van der Waals surface area contributed by atoms with Crippen molar-refractivity contribution in [3.63, 3.8) is 0 Å². The molecule has 0 amide bonds. The predicted molar refractivity (Wildman–Crippen MR) is 54.3 cm³/mol. The summed E-state index contributed by atoms with van der Waals surface area (Å²) in [4.78, 5) is 0. The third kappa shape index (κ3) is 1.95. The minimum atomic E-state index is -0.468. The number of hydrogen-bond acceptors (Lipinski definition) is 5. The summed E-state index contributed by atoms with van der Waals surface area (Å²) >= 11 is 0. The Morgan fingerprint density at radius 3 is 2.38 bits per heavy atom. The van der Waals surface area contributed by atoms with Crippen molar-refractivity contribution in [3.05, 3.63) is 29.8 Å². The minimum Gasteiger partial charge on any atom is -0.494 e. The molecule has 6 heteroatoms. The second-order valence-electron chi connectivity index (χ2n) is 3.12. The maximum atomic E-state index is 13.4. The number of ether oxygens (including phenoxy) is 1. The number of nitrogens with zero attached hydrogens (tertiary/aromatic N) is 4. The van der Waals surface area contributed by atoms with Gasteiger partial charge in [0.1, 0.15) is 0 Å². The Hall–Kier alpha value is -2.11. The molecule has 5 nitrogen and oxygen atoms in total. The molecule has 0 saturated carbocycles. The molecule has 2 aromatic rings. The fourth-order valence-corrected chi connectivity index (χ4v) is 1.20. The fraction of sp³-hybridized carbons (Fsp3) is 0.200. The van der Waals surface area contributed by atoms with Crippen LogP contribution in [0.25, 0.3) is 11.4 Å². The molecule has 0 spiro atoms. The highest BCUT2D eigenvalue weighted by atomic mass is 19.1. The zero-order chi connectivity index (χ0) is 11.5. The largest absolute Gasteiger partial charge is 0.494 e. The summed E-state index contributed by atoms with van der Waals surface area (Å²) in [6.45, 7) is 1.68. The van der Waals surface area contributed by atoms with Gasteiger partial charge in [0.25, 0.3) is 0 Å². The molecule has 0 aliphatic carbocycles. The summed E-state index contributed by atoms with van der Waals surface area (Å²) in [7, 11) is 1.41. The van der Waals surface area contributed by atoms with Crippen LogP contribution in [0.5, 0.6) is 5.75 Å².